The first-order valence-corrected chi connectivity index (χ1v) is 10.7. The Kier molecular flexibility index (Phi) is 4.96. The van der Waals surface area contributed by atoms with Gasteiger partial charge in [0, 0.05) is 54.8 Å². The minimum absolute atomic E-state index is 0.125. The number of benzene rings is 1. The number of ether oxygens (including phenoxy) is 1. The van der Waals surface area contributed by atoms with Crippen molar-refractivity contribution in [3.63, 3.8) is 0 Å². The molecule has 32 heavy (non-hydrogen) atoms. The molecule has 2 amide bonds. The number of aromatic amines is 1. The van der Waals surface area contributed by atoms with Gasteiger partial charge in [-0.1, -0.05) is 5.16 Å². The quantitative estimate of drug-likeness (QED) is 0.675. The Labute approximate surface area is 185 Å². The van der Waals surface area contributed by atoms with E-state index in [1.807, 2.05) is 29.3 Å². The maximum Gasteiger partial charge on any atom is 0.276 e. The van der Waals surface area contributed by atoms with Crippen molar-refractivity contribution in [2.75, 3.05) is 31.6 Å². The second kappa shape index (κ2) is 7.81. The lowest BCUT2D eigenvalue weighted by Gasteiger charge is -2.37. The summed E-state index contributed by atoms with van der Waals surface area (Å²) in [6.45, 7) is 3.49. The van der Waals surface area contributed by atoms with E-state index in [-0.39, 0.29) is 11.8 Å². The van der Waals surface area contributed by atoms with Gasteiger partial charge in [0.2, 0.25) is 5.91 Å². The van der Waals surface area contributed by atoms with E-state index in [9.17, 15) is 9.59 Å². The summed E-state index contributed by atoms with van der Waals surface area (Å²) in [5.74, 6) is 1.29. The molecule has 166 valence electrons. The lowest BCUT2D eigenvalue weighted by Crippen LogP contribution is -2.46. The highest BCUT2D eigenvalue weighted by atomic mass is 16.5. The number of methoxy groups -OCH3 is 1. The number of carbonyl (C=O) groups is 2. The van der Waals surface area contributed by atoms with Crippen molar-refractivity contribution in [2.24, 2.45) is 5.41 Å². The summed E-state index contributed by atoms with van der Waals surface area (Å²) < 4.78 is 10.6. The van der Waals surface area contributed by atoms with E-state index in [1.54, 1.807) is 31.2 Å². The molecular weight excluding hydrogens is 410 g/mol. The van der Waals surface area contributed by atoms with Crippen LogP contribution >= 0.6 is 0 Å². The first kappa shape index (κ1) is 20.3. The van der Waals surface area contributed by atoms with Crippen LogP contribution in [-0.2, 0) is 4.79 Å². The lowest BCUT2D eigenvalue weighted by atomic mass is 9.77. The molecule has 2 aliphatic heterocycles. The van der Waals surface area contributed by atoms with Gasteiger partial charge in [0.25, 0.3) is 5.91 Å². The van der Waals surface area contributed by atoms with Crippen LogP contribution in [0.2, 0.25) is 0 Å². The first-order chi connectivity index (χ1) is 15.5. The van der Waals surface area contributed by atoms with Crippen molar-refractivity contribution in [3.05, 3.63) is 48.1 Å². The zero-order chi connectivity index (χ0) is 22.3. The standard InChI is InChI=1S/C23H25N5O4/c1-15-11-19(26-32-15)21(29)27-8-5-23(6-9-27)7-10-28(22(23)30)17-3-4-18(20(12-17)31-2)16-13-24-25-14-16/h3-4,11-14H,5-10H2,1-2H3,(H,24,25). The van der Waals surface area contributed by atoms with Gasteiger partial charge in [-0.05, 0) is 38.3 Å². The fourth-order valence-corrected chi connectivity index (χ4v) is 4.78. The van der Waals surface area contributed by atoms with Crippen LogP contribution in [0.15, 0.2) is 41.2 Å². The molecule has 1 aromatic carbocycles. The summed E-state index contributed by atoms with van der Waals surface area (Å²) in [6, 6.07) is 7.46. The highest BCUT2D eigenvalue weighted by Gasteiger charge is 2.49. The molecule has 4 heterocycles. The van der Waals surface area contributed by atoms with Crippen molar-refractivity contribution in [3.8, 4) is 16.9 Å². The Balaban J connectivity index is 1.31. The number of amides is 2. The third kappa shape index (κ3) is 3.34. The second-order valence-electron chi connectivity index (χ2n) is 8.47. The van der Waals surface area contributed by atoms with E-state index < -0.39 is 5.41 Å². The first-order valence-electron chi connectivity index (χ1n) is 10.7. The van der Waals surface area contributed by atoms with Crippen molar-refractivity contribution in [1.29, 1.82) is 0 Å². The molecule has 2 aliphatic rings. The third-order valence-electron chi connectivity index (χ3n) is 6.67. The smallest absolute Gasteiger partial charge is 0.276 e. The van der Waals surface area contributed by atoms with Gasteiger partial charge < -0.3 is 19.1 Å². The summed E-state index contributed by atoms with van der Waals surface area (Å²) in [5, 5.41) is 10.6. The average molecular weight is 435 g/mol. The number of piperidine rings is 1. The summed E-state index contributed by atoms with van der Waals surface area (Å²) in [5.41, 5.74) is 2.57. The summed E-state index contributed by atoms with van der Waals surface area (Å²) in [7, 11) is 1.62. The number of hydrogen-bond donors (Lipinski definition) is 1. The van der Waals surface area contributed by atoms with Crippen LogP contribution in [0.5, 0.6) is 5.75 Å². The Bertz CT molecular complexity index is 1150. The van der Waals surface area contributed by atoms with E-state index in [0.29, 0.717) is 49.7 Å². The van der Waals surface area contributed by atoms with Gasteiger partial charge in [0.05, 0.1) is 18.7 Å². The minimum Gasteiger partial charge on any atom is -0.496 e. The molecule has 1 spiro atoms. The minimum atomic E-state index is -0.424. The van der Waals surface area contributed by atoms with Crippen LogP contribution in [-0.4, -0.2) is 58.8 Å². The Morgan fingerprint density at radius 3 is 2.62 bits per heavy atom. The number of rotatable bonds is 4. The monoisotopic (exact) mass is 435 g/mol. The van der Waals surface area contributed by atoms with E-state index >= 15 is 0 Å². The normalized spacial score (nSPS) is 17.9. The van der Waals surface area contributed by atoms with Crippen LogP contribution in [0.1, 0.15) is 35.5 Å². The molecule has 0 atom stereocenters. The largest absolute Gasteiger partial charge is 0.496 e. The molecule has 2 aromatic heterocycles. The molecule has 0 bridgehead atoms. The van der Waals surface area contributed by atoms with Gasteiger partial charge >= 0.3 is 0 Å². The Hall–Kier alpha value is -3.62. The number of hydrogen-bond acceptors (Lipinski definition) is 6. The van der Waals surface area contributed by atoms with E-state index in [1.165, 1.54) is 0 Å². The van der Waals surface area contributed by atoms with Gasteiger partial charge in [-0.15, -0.1) is 0 Å². The lowest BCUT2D eigenvalue weighted by molar-refractivity contribution is -0.127. The molecule has 5 rings (SSSR count). The van der Waals surface area contributed by atoms with Gasteiger partial charge in [-0.3, -0.25) is 14.7 Å². The summed E-state index contributed by atoms with van der Waals surface area (Å²) in [4.78, 5) is 29.8. The number of nitrogens with one attached hydrogen (secondary N) is 1. The van der Waals surface area contributed by atoms with E-state index in [4.69, 9.17) is 9.26 Å². The topological polar surface area (TPSA) is 105 Å². The highest BCUT2D eigenvalue weighted by Crippen LogP contribution is 2.44. The molecule has 0 aliphatic carbocycles. The number of nitrogens with zero attached hydrogens (tertiary/aromatic N) is 4. The van der Waals surface area contributed by atoms with Gasteiger partial charge in [-0.2, -0.15) is 5.10 Å². The number of anilines is 1. The van der Waals surface area contributed by atoms with Crippen LogP contribution in [0, 0.1) is 12.3 Å². The van der Waals surface area contributed by atoms with E-state index in [2.05, 4.69) is 15.4 Å². The maximum absolute atomic E-state index is 13.5. The second-order valence-corrected chi connectivity index (χ2v) is 8.47. The fraction of sp³-hybridized carbons (Fsp3) is 0.391. The van der Waals surface area contributed by atoms with Crippen LogP contribution in [0.4, 0.5) is 5.69 Å². The van der Waals surface area contributed by atoms with Gasteiger partial charge in [0.1, 0.15) is 11.5 Å². The van der Waals surface area contributed by atoms with Gasteiger partial charge in [-0.25, -0.2) is 0 Å². The molecule has 0 unspecified atom stereocenters. The zero-order valence-corrected chi connectivity index (χ0v) is 18.1. The number of H-pyrrole nitrogens is 1. The van der Waals surface area contributed by atoms with Crippen LogP contribution < -0.4 is 9.64 Å². The number of aryl methyl sites for hydroxylation is 1. The highest BCUT2D eigenvalue weighted by molar-refractivity contribution is 6.01. The molecule has 2 fully saturated rings. The number of aromatic nitrogens is 3. The molecule has 0 radical (unpaired) electrons. The van der Waals surface area contributed by atoms with E-state index in [0.717, 1.165) is 23.2 Å². The summed E-state index contributed by atoms with van der Waals surface area (Å²) in [6.07, 6.45) is 5.62. The van der Waals surface area contributed by atoms with Crippen LogP contribution in [0.3, 0.4) is 0 Å². The van der Waals surface area contributed by atoms with Crippen LogP contribution in [0.25, 0.3) is 11.1 Å². The third-order valence-corrected chi connectivity index (χ3v) is 6.67. The molecule has 0 saturated carbocycles. The van der Waals surface area contributed by atoms with Gasteiger partial charge in [0.15, 0.2) is 5.69 Å². The number of carbonyl (C=O) groups excluding carboxylic acids is 2. The molecular formula is C23H25N5O4. The predicted octanol–water partition coefficient (Wildman–Crippen LogP) is 3.04. The van der Waals surface area contributed by atoms with Crippen molar-refractivity contribution in [1.82, 2.24) is 20.3 Å². The molecule has 9 nitrogen and oxygen atoms in total. The van der Waals surface area contributed by atoms with Crippen molar-refractivity contribution < 1.29 is 18.8 Å². The maximum atomic E-state index is 13.5. The molecule has 2 saturated heterocycles. The average Bonchev–Trinajstić information content (AvgIpc) is 3.56. The number of likely N-dealkylation sites (tertiary alicyclic amines) is 1. The molecule has 3 aromatic rings. The predicted molar refractivity (Wildman–Crippen MR) is 116 cm³/mol. The molecule has 9 heteroatoms. The Morgan fingerprint density at radius 1 is 1.19 bits per heavy atom. The Morgan fingerprint density at radius 2 is 1.97 bits per heavy atom. The van der Waals surface area contributed by atoms with Crippen molar-refractivity contribution >= 4 is 17.5 Å². The SMILES string of the molecule is COc1cc(N2CCC3(CCN(C(=O)c4cc(C)on4)CC3)C2=O)ccc1-c1cn[nH]c1. The van der Waals surface area contributed by atoms with Crippen molar-refractivity contribution in [2.45, 2.75) is 26.2 Å². The fourth-order valence-electron chi connectivity index (χ4n) is 4.78. The molecule has 1 N–H and O–H groups in total. The summed E-state index contributed by atoms with van der Waals surface area (Å²) >= 11 is 0. The zero-order valence-electron chi connectivity index (χ0n) is 18.1.